The van der Waals surface area contributed by atoms with Crippen LogP contribution in [-0.4, -0.2) is 6.26 Å². The highest BCUT2D eigenvalue weighted by Crippen LogP contribution is 2.31. The maximum absolute atomic E-state index is 13.0. The van der Waals surface area contributed by atoms with Gasteiger partial charge in [-0.05, 0) is 52.5 Å². The summed E-state index contributed by atoms with van der Waals surface area (Å²) in [5, 5.41) is 12.4. The third-order valence-electron chi connectivity index (χ3n) is 2.56. The summed E-state index contributed by atoms with van der Waals surface area (Å²) >= 11 is 4.81. The molecule has 0 aliphatic rings. The van der Waals surface area contributed by atoms with Crippen molar-refractivity contribution in [1.82, 2.24) is 0 Å². The highest BCUT2D eigenvalue weighted by atomic mass is 79.9. The Balaban J connectivity index is 2.41. The van der Waals surface area contributed by atoms with Crippen LogP contribution in [0.2, 0.25) is 0 Å². The summed E-state index contributed by atoms with van der Waals surface area (Å²) in [6.45, 7) is 0. The maximum atomic E-state index is 13.0. The van der Waals surface area contributed by atoms with Crippen molar-refractivity contribution >= 4 is 39.1 Å². The van der Waals surface area contributed by atoms with E-state index in [0.717, 1.165) is 10.6 Å². The van der Waals surface area contributed by atoms with Crippen LogP contribution >= 0.6 is 27.7 Å². The first kappa shape index (κ1) is 13.9. The van der Waals surface area contributed by atoms with Crippen LogP contribution in [0.25, 0.3) is 0 Å². The van der Waals surface area contributed by atoms with E-state index in [1.165, 1.54) is 23.9 Å². The van der Waals surface area contributed by atoms with Crippen molar-refractivity contribution in [1.29, 1.82) is 5.26 Å². The third kappa shape index (κ3) is 3.09. The van der Waals surface area contributed by atoms with Crippen LogP contribution in [0.1, 0.15) is 5.56 Å². The number of halogens is 2. The van der Waals surface area contributed by atoms with Crippen molar-refractivity contribution in [2.24, 2.45) is 0 Å². The molecule has 96 valence electrons. The summed E-state index contributed by atoms with van der Waals surface area (Å²) in [7, 11) is 0. The van der Waals surface area contributed by atoms with Crippen molar-refractivity contribution < 1.29 is 4.39 Å². The SMILES string of the molecule is CSc1cccc(Nc2ccc(F)cc2Br)c1C#N. The molecule has 0 radical (unpaired) electrons. The van der Waals surface area contributed by atoms with Gasteiger partial charge in [0.15, 0.2) is 0 Å². The van der Waals surface area contributed by atoms with E-state index < -0.39 is 0 Å². The van der Waals surface area contributed by atoms with Gasteiger partial charge in [0.25, 0.3) is 0 Å². The van der Waals surface area contributed by atoms with Crippen LogP contribution in [0.5, 0.6) is 0 Å². The van der Waals surface area contributed by atoms with Gasteiger partial charge in [-0.25, -0.2) is 4.39 Å². The quantitative estimate of drug-likeness (QED) is 0.807. The standard InChI is InChI=1S/C14H10BrFN2S/c1-19-14-4-2-3-12(10(14)8-17)18-13-6-5-9(16)7-11(13)15/h2-7,18H,1H3. The Labute approximate surface area is 123 Å². The topological polar surface area (TPSA) is 35.8 Å². The average molecular weight is 337 g/mol. The van der Waals surface area contributed by atoms with E-state index in [2.05, 4.69) is 27.3 Å². The molecule has 0 amide bonds. The first-order chi connectivity index (χ1) is 9.15. The molecule has 0 aromatic heterocycles. The van der Waals surface area contributed by atoms with Gasteiger partial charge >= 0.3 is 0 Å². The summed E-state index contributed by atoms with van der Waals surface area (Å²) in [4.78, 5) is 0.908. The van der Waals surface area contributed by atoms with Crippen molar-refractivity contribution in [3.8, 4) is 6.07 Å². The number of hydrogen-bond donors (Lipinski definition) is 1. The van der Waals surface area contributed by atoms with Crippen molar-refractivity contribution in [2.45, 2.75) is 4.90 Å². The van der Waals surface area contributed by atoms with E-state index in [1.54, 1.807) is 6.07 Å². The molecule has 0 heterocycles. The first-order valence-corrected chi connectivity index (χ1v) is 7.46. The minimum atomic E-state index is -0.309. The van der Waals surface area contributed by atoms with Gasteiger partial charge in [-0.3, -0.25) is 0 Å². The van der Waals surface area contributed by atoms with Crippen molar-refractivity contribution in [3.63, 3.8) is 0 Å². The Kier molecular flexibility index (Phi) is 4.46. The number of benzene rings is 2. The highest BCUT2D eigenvalue weighted by Gasteiger charge is 2.09. The monoisotopic (exact) mass is 336 g/mol. The second kappa shape index (κ2) is 6.09. The second-order valence-electron chi connectivity index (χ2n) is 3.74. The zero-order chi connectivity index (χ0) is 13.8. The zero-order valence-corrected chi connectivity index (χ0v) is 12.5. The molecule has 2 aromatic carbocycles. The Morgan fingerprint density at radius 1 is 1.26 bits per heavy atom. The molecule has 19 heavy (non-hydrogen) atoms. The maximum Gasteiger partial charge on any atom is 0.124 e. The van der Waals surface area contributed by atoms with E-state index in [9.17, 15) is 9.65 Å². The Morgan fingerprint density at radius 2 is 2.05 bits per heavy atom. The smallest absolute Gasteiger partial charge is 0.124 e. The average Bonchev–Trinajstić information content (AvgIpc) is 2.41. The number of rotatable bonds is 3. The number of nitrogens with zero attached hydrogens (tertiary/aromatic N) is 1. The van der Waals surface area contributed by atoms with Gasteiger partial charge in [-0.1, -0.05) is 6.07 Å². The summed E-state index contributed by atoms with van der Waals surface area (Å²) in [5.74, 6) is -0.309. The largest absolute Gasteiger partial charge is 0.353 e. The van der Waals surface area contributed by atoms with E-state index >= 15 is 0 Å². The molecular formula is C14H10BrFN2S. The fourth-order valence-corrected chi connectivity index (χ4v) is 2.68. The molecule has 2 aromatic rings. The first-order valence-electron chi connectivity index (χ1n) is 5.45. The van der Waals surface area contributed by atoms with Gasteiger partial charge in [0, 0.05) is 9.37 Å². The van der Waals surface area contributed by atoms with Crippen molar-refractivity contribution in [2.75, 3.05) is 11.6 Å². The Hall–Kier alpha value is -1.51. The predicted molar refractivity (Wildman–Crippen MR) is 80.3 cm³/mol. The summed E-state index contributed by atoms with van der Waals surface area (Å²) in [6, 6.07) is 12.2. The number of thioether (sulfide) groups is 1. The minimum absolute atomic E-state index is 0.309. The lowest BCUT2D eigenvalue weighted by Crippen LogP contribution is -1.96. The van der Waals surface area contributed by atoms with Gasteiger partial charge in [-0.15, -0.1) is 11.8 Å². The van der Waals surface area contributed by atoms with E-state index in [-0.39, 0.29) is 5.82 Å². The molecule has 0 saturated heterocycles. The van der Waals surface area contributed by atoms with Gasteiger partial charge in [0.05, 0.1) is 16.9 Å². The summed E-state index contributed by atoms with van der Waals surface area (Å²) < 4.78 is 13.7. The van der Waals surface area contributed by atoms with Gasteiger partial charge in [0.1, 0.15) is 11.9 Å². The highest BCUT2D eigenvalue weighted by molar-refractivity contribution is 9.10. The molecule has 5 heteroatoms. The van der Waals surface area contributed by atoms with Crippen molar-refractivity contribution in [3.05, 3.63) is 52.3 Å². The van der Waals surface area contributed by atoms with Crippen LogP contribution in [0.3, 0.4) is 0 Å². The van der Waals surface area contributed by atoms with Gasteiger partial charge in [-0.2, -0.15) is 5.26 Å². The Morgan fingerprint density at radius 3 is 2.68 bits per heavy atom. The molecule has 0 saturated carbocycles. The van der Waals surface area contributed by atoms with Gasteiger partial charge < -0.3 is 5.32 Å². The van der Waals surface area contributed by atoms with E-state index in [4.69, 9.17) is 0 Å². The normalized spacial score (nSPS) is 10.0. The number of anilines is 2. The molecule has 0 fully saturated rings. The lowest BCUT2D eigenvalue weighted by molar-refractivity contribution is 0.627. The second-order valence-corrected chi connectivity index (χ2v) is 5.45. The third-order valence-corrected chi connectivity index (χ3v) is 3.99. The zero-order valence-electron chi connectivity index (χ0n) is 10.1. The fraction of sp³-hybridized carbons (Fsp3) is 0.0714. The molecule has 0 bridgehead atoms. The van der Waals surface area contributed by atoms with Crippen LogP contribution < -0.4 is 5.32 Å². The van der Waals surface area contributed by atoms with Crippen LogP contribution in [0.4, 0.5) is 15.8 Å². The lowest BCUT2D eigenvalue weighted by Gasteiger charge is -2.12. The molecule has 0 unspecified atom stereocenters. The molecule has 2 nitrogen and oxygen atoms in total. The molecule has 2 rings (SSSR count). The molecular weight excluding hydrogens is 327 g/mol. The Bertz CT molecular complexity index is 652. The lowest BCUT2D eigenvalue weighted by atomic mass is 10.2. The summed E-state index contributed by atoms with van der Waals surface area (Å²) in [6.07, 6.45) is 1.92. The number of nitrogens with one attached hydrogen (secondary N) is 1. The fourth-order valence-electron chi connectivity index (χ4n) is 1.66. The van der Waals surface area contributed by atoms with Crippen LogP contribution in [0, 0.1) is 17.1 Å². The molecule has 0 atom stereocenters. The molecule has 1 N–H and O–H groups in total. The summed E-state index contributed by atoms with van der Waals surface area (Å²) in [5.41, 5.74) is 2.02. The number of nitriles is 1. The van der Waals surface area contributed by atoms with E-state index in [1.807, 2.05) is 24.5 Å². The molecule has 0 spiro atoms. The van der Waals surface area contributed by atoms with Gasteiger partial charge in [0.2, 0.25) is 0 Å². The molecule has 0 aliphatic heterocycles. The minimum Gasteiger partial charge on any atom is -0.353 e. The number of hydrogen-bond acceptors (Lipinski definition) is 3. The van der Waals surface area contributed by atoms with Crippen LogP contribution in [-0.2, 0) is 0 Å². The van der Waals surface area contributed by atoms with E-state index in [0.29, 0.717) is 15.7 Å². The molecule has 0 aliphatic carbocycles. The van der Waals surface area contributed by atoms with Crippen LogP contribution in [0.15, 0.2) is 45.8 Å². The predicted octanol–water partition coefficient (Wildman–Crippen LogP) is 4.93.